The number of nitrogens with zero attached hydrogens (tertiary/aromatic N) is 2. The van der Waals surface area contributed by atoms with Crippen molar-refractivity contribution in [2.75, 3.05) is 18.4 Å². The van der Waals surface area contributed by atoms with Crippen molar-refractivity contribution in [2.24, 2.45) is 5.73 Å². The minimum atomic E-state index is -0.709. The minimum Gasteiger partial charge on any atom is -0.488 e. The van der Waals surface area contributed by atoms with E-state index in [-0.39, 0.29) is 17.6 Å². The summed E-state index contributed by atoms with van der Waals surface area (Å²) in [6.07, 6.45) is 3.69. The van der Waals surface area contributed by atoms with Crippen LogP contribution in [0.4, 0.5) is 16.0 Å². The molecule has 1 aliphatic heterocycles. The van der Waals surface area contributed by atoms with Gasteiger partial charge in [-0.25, -0.2) is 14.4 Å². The standard InChI is InChI=1S/C20H20FN5O2/c21-14-8-13(19(22)27)9-15(10-14)25-20-24-11-12-2-1-3-17(18(12)26-20)28-16-4-6-23-7-5-16/h1-3,8-11,16,23H,4-7H2,(H2,22,27)(H,24,25,26). The third kappa shape index (κ3) is 4.01. The second kappa shape index (κ2) is 7.77. The molecule has 0 aliphatic carbocycles. The molecule has 2 heterocycles. The number of primary amides is 1. The van der Waals surface area contributed by atoms with Gasteiger partial charge in [0.05, 0.1) is 0 Å². The summed E-state index contributed by atoms with van der Waals surface area (Å²) >= 11 is 0. The number of ether oxygens (including phenoxy) is 1. The summed E-state index contributed by atoms with van der Waals surface area (Å²) in [5, 5.41) is 7.08. The summed E-state index contributed by atoms with van der Waals surface area (Å²) in [6, 6.07) is 9.48. The maximum absolute atomic E-state index is 13.8. The van der Waals surface area contributed by atoms with E-state index >= 15 is 0 Å². The van der Waals surface area contributed by atoms with Gasteiger partial charge in [-0.15, -0.1) is 0 Å². The lowest BCUT2D eigenvalue weighted by atomic mass is 10.1. The van der Waals surface area contributed by atoms with Crippen molar-refractivity contribution in [3.63, 3.8) is 0 Å². The number of fused-ring (bicyclic) bond motifs is 1. The van der Waals surface area contributed by atoms with E-state index in [4.69, 9.17) is 10.5 Å². The monoisotopic (exact) mass is 381 g/mol. The van der Waals surface area contributed by atoms with Crippen LogP contribution in [0.5, 0.6) is 5.75 Å². The molecule has 0 spiro atoms. The van der Waals surface area contributed by atoms with Crippen molar-refractivity contribution in [1.82, 2.24) is 15.3 Å². The molecule has 0 bridgehead atoms. The molecule has 8 heteroatoms. The summed E-state index contributed by atoms with van der Waals surface area (Å²) in [5.74, 6) is -0.323. The number of rotatable bonds is 5. The Morgan fingerprint density at radius 3 is 2.86 bits per heavy atom. The van der Waals surface area contributed by atoms with Crippen LogP contribution in [0.15, 0.2) is 42.6 Å². The van der Waals surface area contributed by atoms with Gasteiger partial charge in [-0.2, -0.15) is 0 Å². The Kier molecular flexibility index (Phi) is 5.03. The van der Waals surface area contributed by atoms with Crippen molar-refractivity contribution >= 4 is 28.4 Å². The third-order valence-corrected chi connectivity index (χ3v) is 4.59. The highest BCUT2D eigenvalue weighted by atomic mass is 19.1. The molecule has 1 aromatic heterocycles. The number of hydrogen-bond acceptors (Lipinski definition) is 6. The maximum Gasteiger partial charge on any atom is 0.248 e. The molecular weight excluding hydrogens is 361 g/mol. The molecule has 2 aromatic carbocycles. The molecule has 0 atom stereocenters. The van der Waals surface area contributed by atoms with Crippen molar-refractivity contribution < 1.29 is 13.9 Å². The van der Waals surface area contributed by atoms with Crippen LogP contribution in [-0.2, 0) is 0 Å². The van der Waals surface area contributed by atoms with E-state index in [1.54, 1.807) is 6.20 Å². The van der Waals surface area contributed by atoms with Crippen LogP contribution < -0.4 is 21.1 Å². The number of hydrogen-bond donors (Lipinski definition) is 3. The molecular formula is C20H20FN5O2. The molecule has 144 valence electrons. The zero-order valence-electron chi connectivity index (χ0n) is 15.1. The van der Waals surface area contributed by atoms with Gasteiger partial charge in [-0.3, -0.25) is 4.79 Å². The number of carbonyl (C=O) groups is 1. The molecule has 0 unspecified atom stereocenters. The highest BCUT2D eigenvalue weighted by Crippen LogP contribution is 2.27. The predicted molar refractivity (Wildman–Crippen MR) is 104 cm³/mol. The Balaban J connectivity index is 1.63. The summed E-state index contributed by atoms with van der Waals surface area (Å²) in [5.41, 5.74) is 6.32. The van der Waals surface area contributed by atoms with Gasteiger partial charge in [-0.1, -0.05) is 12.1 Å². The van der Waals surface area contributed by atoms with Crippen LogP contribution in [0.2, 0.25) is 0 Å². The molecule has 0 saturated carbocycles. The number of aromatic nitrogens is 2. The van der Waals surface area contributed by atoms with Gasteiger partial charge in [-0.05, 0) is 50.2 Å². The Morgan fingerprint density at radius 2 is 2.07 bits per heavy atom. The van der Waals surface area contributed by atoms with Crippen LogP contribution in [-0.4, -0.2) is 35.1 Å². The molecule has 1 saturated heterocycles. The number of carbonyl (C=O) groups excluding carboxylic acids is 1. The van der Waals surface area contributed by atoms with Crippen LogP contribution in [0, 0.1) is 5.82 Å². The average molecular weight is 381 g/mol. The van der Waals surface area contributed by atoms with E-state index in [1.165, 1.54) is 12.1 Å². The van der Waals surface area contributed by atoms with Crippen LogP contribution >= 0.6 is 0 Å². The maximum atomic E-state index is 13.8. The van der Waals surface area contributed by atoms with Gasteiger partial charge in [0.2, 0.25) is 11.9 Å². The molecule has 7 nitrogen and oxygen atoms in total. The lowest BCUT2D eigenvalue weighted by Crippen LogP contribution is -2.34. The van der Waals surface area contributed by atoms with E-state index < -0.39 is 11.7 Å². The lowest BCUT2D eigenvalue weighted by Gasteiger charge is -2.24. The van der Waals surface area contributed by atoms with Gasteiger partial charge >= 0.3 is 0 Å². The number of amides is 1. The Morgan fingerprint density at radius 1 is 1.25 bits per heavy atom. The number of para-hydroxylation sites is 1. The van der Waals surface area contributed by atoms with Gasteiger partial charge in [0.1, 0.15) is 23.2 Å². The SMILES string of the molecule is NC(=O)c1cc(F)cc(Nc2ncc3cccc(OC4CCNCC4)c3n2)c1. The lowest BCUT2D eigenvalue weighted by molar-refractivity contribution is 0.1000. The zero-order chi connectivity index (χ0) is 19.5. The number of halogens is 1. The second-order valence-electron chi connectivity index (χ2n) is 6.67. The molecule has 4 N–H and O–H groups in total. The number of nitrogens with one attached hydrogen (secondary N) is 2. The average Bonchev–Trinajstić information content (AvgIpc) is 2.69. The molecule has 3 aromatic rings. The summed E-state index contributed by atoms with van der Waals surface area (Å²) in [6.45, 7) is 1.86. The van der Waals surface area contributed by atoms with E-state index in [0.717, 1.165) is 37.4 Å². The van der Waals surface area contributed by atoms with Crippen LogP contribution in [0.25, 0.3) is 10.9 Å². The van der Waals surface area contributed by atoms with Gasteiger partial charge in [0, 0.05) is 22.8 Å². The topological polar surface area (TPSA) is 102 Å². The number of piperidine rings is 1. The number of anilines is 2. The van der Waals surface area contributed by atoms with Crippen molar-refractivity contribution in [3.8, 4) is 5.75 Å². The fourth-order valence-corrected chi connectivity index (χ4v) is 3.21. The third-order valence-electron chi connectivity index (χ3n) is 4.59. The second-order valence-corrected chi connectivity index (χ2v) is 6.67. The number of nitrogens with two attached hydrogens (primary N) is 1. The molecule has 0 radical (unpaired) electrons. The first-order valence-corrected chi connectivity index (χ1v) is 9.09. The van der Waals surface area contributed by atoms with Crippen molar-refractivity contribution in [2.45, 2.75) is 18.9 Å². The number of benzene rings is 2. The summed E-state index contributed by atoms with van der Waals surface area (Å²) in [4.78, 5) is 20.1. The van der Waals surface area contributed by atoms with E-state index in [9.17, 15) is 9.18 Å². The van der Waals surface area contributed by atoms with E-state index in [1.807, 2.05) is 18.2 Å². The minimum absolute atomic E-state index is 0.0678. The molecule has 1 amide bonds. The molecule has 4 rings (SSSR count). The highest BCUT2D eigenvalue weighted by molar-refractivity contribution is 5.94. The fraction of sp³-hybridized carbons (Fsp3) is 0.250. The van der Waals surface area contributed by atoms with Crippen molar-refractivity contribution in [1.29, 1.82) is 0 Å². The summed E-state index contributed by atoms with van der Waals surface area (Å²) < 4.78 is 19.9. The Bertz CT molecular complexity index is 1020. The van der Waals surface area contributed by atoms with E-state index in [2.05, 4.69) is 20.6 Å². The van der Waals surface area contributed by atoms with Crippen LogP contribution in [0.1, 0.15) is 23.2 Å². The molecule has 28 heavy (non-hydrogen) atoms. The van der Waals surface area contributed by atoms with Gasteiger partial charge in [0.15, 0.2) is 0 Å². The highest BCUT2D eigenvalue weighted by Gasteiger charge is 2.16. The zero-order valence-corrected chi connectivity index (χ0v) is 15.1. The largest absolute Gasteiger partial charge is 0.488 e. The van der Waals surface area contributed by atoms with Gasteiger partial charge < -0.3 is 21.1 Å². The Hall–Kier alpha value is -3.26. The van der Waals surface area contributed by atoms with Crippen LogP contribution in [0.3, 0.4) is 0 Å². The van der Waals surface area contributed by atoms with E-state index in [0.29, 0.717) is 17.0 Å². The Labute approximate surface area is 161 Å². The van der Waals surface area contributed by atoms with Gasteiger partial charge in [0.25, 0.3) is 0 Å². The van der Waals surface area contributed by atoms with Crippen molar-refractivity contribution in [3.05, 3.63) is 54.0 Å². The quantitative estimate of drug-likeness (QED) is 0.628. The molecule has 1 fully saturated rings. The first-order chi connectivity index (χ1) is 13.6. The summed E-state index contributed by atoms with van der Waals surface area (Å²) in [7, 11) is 0. The fourth-order valence-electron chi connectivity index (χ4n) is 3.21. The normalized spacial score (nSPS) is 14.8. The first-order valence-electron chi connectivity index (χ1n) is 9.09. The first kappa shape index (κ1) is 18.1. The molecule has 1 aliphatic rings. The predicted octanol–water partition coefficient (Wildman–Crippen LogP) is 2.74. The smallest absolute Gasteiger partial charge is 0.248 e.